The molecule has 0 aliphatic carbocycles. The van der Waals surface area contributed by atoms with Crippen LogP contribution in [0.15, 0.2) is 12.4 Å². The molecular formula is C31H50Cl2N8O4S. The van der Waals surface area contributed by atoms with Gasteiger partial charge in [-0.3, -0.25) is 9.59 Å². The number of anilines is 2. The zero-order valence-corrected chi connectivity index (χ0v) is 29.9. The molecule has 258 valence electrons. The van der Waals surface area contributed by atoms with Gasteiger partial charge in [-0.05, 0) is 66.0 Å². The van der Waals surface area contributed by atoms with Gasteiger partial charge in [0.25, 0.3) is 12.4 Å². The summed E-state index contributed by atoms with van der Waals surface area (Å²) < 4.78 is 0. The fourth-order valence-electron chi connectivity index (χ4n) is 4.65. The third-order valence-electron chi connectivity index (χ3n) is 6.79. The number of carboxylic acid groups (broad SMARTS) is 1. The largest absolute Gasteiger partial charge is 0.483 e. The number of amides is 1. The van der Waals surface area contributed by atoms with E-state index in [0.717, 1.165) is 48.5 Å². The summed E-state index contributed by atoms with van der Waals surface area (Å²) in [6.07, 6.45) is 11.6. The standard InChI is InChI=1S/C20H30N6S.C6H6Cl2N2O.C2H6O.C2H6.CH2O2/c1-16-19(24-20(27-16)26-11-6-3-7-12-26)17-14-23-18(15-22-17)21-8-13-25-9-4-2-5-10-25;1-2-3(7)4(8)5(10-2)6(9)11;1-2-3;1-2;2-1-3/h14-15H,2-13H2,1H3,(H,21,23);10H,1H3,(H2,9,11);3H,2H2,1H3;1-2H3;1H,(H,2,3). The normalized spacial score (nSPS) is 14.1. The van der Waals surface area contributed by atoms with Crippen molar-refractivity contribution in [1.82, 2.24) is 24.8 Å². The van der Waals surface area contributed by atoms with E-state index in [1.807, 2.05) is 26.2 Å². The monoisotopic (exact) mass is 700 g/mol. The number of aromatic amines is 1. The number of nitrogens with zero attached hydrogens (tertiary/aromatic N) is 5. The number of aliphatic hydroxyl groups is 1. The maximum atomic E-state index is 10.6. The van der Waals surface area contributed by atoms with Crippen LogP contribution in [0.1, 0.15) is 80.4 Å². The van der Waals surface area contributed by atoms with Crippen molar-refractivity contribution in [2.45, 2.75) is 73.1 Å². The fraction of sp³-hybridized carbons (Fsp3) is 0.581. The molecule has 6 N–H and O–H groups in total. The molecule has 2 aliphatic rings. The molecule has 5 heterocycles. The van der Waals surface area contributed by atoms with E-state index in [9.17, 15) is 4.79 Å². The Morgan fingerprint density at radius 3 is 2.07 bits per heavy atom. The van der Waals surface area contributed by atoms with Crippen LogP contribution in [0.2, 0.25) is 10.0 Å². The molecule has 2 fully saturated rings. The predicted molar refractivity (Wildman–Crippen MR) is 190 cm³/mol. The SMILES string of the molecule is CC.CCO.Cc1[nH]c(C(N)=O)c(Cl)c1Cl.Cc1sc(N2CCCCC2)nc1-c1cnc(NCCN2CCCCC2)cn1.O=CO. The third kappa shape index (κ3) is 13.8. The van der Waals surface area contributed by atoms with Crippen LogP contribution in [-0.2, 0) is 4.79 Å². The van der Waals surface area contributed by atoms with Crippen molar-refractivity contribution < 1.29 is 19.8 Å². The number of likely N-dealkylation sites (tertiary alicyclic amines) is 1. The van der Waals surface area contributed by atoms with Crippen LogP contribution in [0.25, 0.3) is 11.4 Å². The molecule has 0 radical (unpaired) electrons. The highest BCUT2D eigenvalue weighted by Crippen LogP contribution is 2.33. The van der Waals surface area contributed by atoms with Crippen molar-refractivity contribution >= 4 is 57.9 Å². The molecular weight excluding hydrogens is 651 g/mol. The highest BCUT2D eigenvalue weighted by Gasteiger charge is 2.18. The van der Waals surface area contributed by atoms with Gasteiger partial charge in [-0.2, -0.15) is 0 Å². The first-order chi connectivity index (χ1) is 22.2. The number of nitrogens with two attached hydrogens (primary N) is 1. The summed E-state index contributed by atoms with van der Waals surface area (Å²) in [5, 5.41) is 19.5. The molecule has 2 saturated heterocycles. The number of hydrogen-bond donors (Lipinski definition) is 5. The Balaban J connectivity index is 0.000000462. The van der Waals surface area contributed by atoms with Gasteiger partial charge in [-0.25, -0.2) is 15.0 Å². The van der Waals surface area contributed by atoms with Crippen LogP contribution in [0.4, 0.5) is 10.9 Å². The lowest BCUT2D eigenvalue weighted by Crippen LogP contribution is -2.33. The average molecular weight is 702 g/mol. The second kappa shape index (κ2) is 23.4. The smallest absolute Gasteiger partial charge is 0.290 e. The van der Waals surface area contributed by atoms with E-state index >= 15 is 0 Å². The van der Waals surface area contributed by atoms with Gasteiger partial charge in [0, 0.05) is 43.4 Å². The number of rotatable bonds is 7. The molecule has 0 atom stereocenters. The Hall–Kier alpha value is -2.97. The maximum absolute atomic E-state index is 10.6. The summed E-state index contributed by atoms with van der Waals surface area (Å²) in [6, 6.07) is 0. The Morgan fingerprint density at radius 1 is 1.04 bits per heavy atom. The lowest BCUT2D eigenvalue weighted by atomic mass is 10.1. The van der Waals surface area contributed by atoms with E-state index in [1.54, 1.807) is 25.2 Å². The summed E-state index contributed by atoms with van der Waals surface area (Å²) in [5.41, 5.74) is 7.64. The lowest BCUT2D eigenvalue weighted by Gasteiger charge is -2.26. The number of hydrogen-bond acceptors (Lipinski definition) is 10. The number of thiazole rings is 1. The molecule has 3 aromatic heterocycles. The number of nitrogens with one attached hydrogen (secondary N) is 2. The topological polar surface area (TPSA) is 174 Å². The summed E-state index contributed by atoms with van der Waals surface area (Å²) in [4.78, 5) is 41.9. The van der Waals surface area contributed by atoms with Crippen LogP contribution in [-0.4, -0.2) is 93.3 Å². The van der Waals surface area contributed by atoms with Crippen LogP contribution < -0.4 is 16.0 Å². The molecule has 0 unspecified atom stereocenters. The van der Waals surface area contributed by atoms with E-state index < -0.39 is 5.91 Å². The minimum Gasteiger partial charge on any atom is -0.483 e. The van der Waals surface area contributed by atoms with Gasteiger partial charge in [0.1, 0.15) is 22.9 Å². The van der Waals surface area contributed by atoms with Crippen molar-refractivity contribution in [2.24, 2.45) is 5.73 Å². The molecule has 3 aromatic rings. The van der Waals surface area contributed by atoms with Crippen molar-refractivity contribution in [3.63, 3.8) is 0 Å². The molecule has 0 saturated carbocycles. The third-order valence-corrected chi connectivity index (χ3v) is 8.77. The van der Waals surface area contributed by atoms with Crippen molar-refractivity contribution in [3.05, 3.63) is 38.7 Å². The van der Waals surface area contributed by atoms with Crippen LogP contribution in [0.3, 0.4) is 0 Å². The first-order valence-electron chi connectivity index (χ1n) is 15.7. The highest BCUT2D eigenvalue weighted by atomic mass is 35.5. The van der Waals surface area contributed by atoms with Gasteiger partial charge in [-0.1, -0.05) is 43.5 Å². The van der Waals surface area contributed by atoms with Crippen molar-refractivity contribution in [1.29, 1.82) is 0 Å². The van der Waals surface area contributed by atoms with Gasteiger partial charge >= 0.3 is 0 Å². The summed E-state index contributed by atoms with van der Waals surface area (Å²) in [5.74, 6) is 0.241. The Labute approximate surface area is 286 Å². The predicted octanol–water partition coefficient (Wildman–Crippen LogP) is 6.25. The van der Waals surface area contributed by atoms with E-state index in [-0.39, 0.29) is 23.8 Å². The molecule has 0 bridgehead atoms. The maximum Gasteiger partial charge on any atom is 0.290 e. The lowest BCUT2D eigenvalue weighted by molar-refractivity contribution is -0.122. The minimum atomic E-state index is -0.606. The van der Waals surface area contributed by atoms with E-state index in [1.165, 1.54) is 56.5 Å². The average Bonchev–Trinajstić information content (AvgIpc) is 3.59. The quantitative estimate of drug-likeness (QED) is 0.177. The summed E-state index contributed by atoms with van der Waals surface area (Å²) in [6.45, 7) is 16.2. The number of halogens is 2. The first-order valence-corrected chi connectivity index (χ1v) is 17.3. The summed E-state index contributed by atoms with van der Waals surface area (Å²) in [7, 11) is 0. The van der Waals surface area contributed by atoms with E-state index in [4.69, 9.17) is 48.9 Å². The number of aryl methyl sites for hydroxylation is 2. The minimum absolute atomic E-state index is 0.161. The number of carbonyl (C=O) groups is 2. The molecule has 46 heavy (non-hydrogen) atoms. The first kappa shape index (κ1) is 41.1. The number of aromatic nitrogens is 4. The molecule has 0 aromatic carbocycles. The van der Waals surface area contributed by atoms with Gasteiger partial charge in [0.15, 0.2) is 5.13 Å². The molecule has 0 spiro atoms. The van der Waals surface area contributed by atoms with Crippen LogP contribution in [0, 0.1) is 13.8 Å². The molecule has 12 nitrogen and oxygen atoms in total. The number of carbonyl (C=O) groups excluding carboxylic acids is 1. The molecule has 2 aliphatic heterocycles. The number of piperidine rings is 2. The number of aliphatic hydroxyl groups excluding tert-OH is 1. The van der Waals surface area contributed by atoms with Gasteiger partial charge in [0.2, 0.25) is 0 Å². The molecule has 15 heteroatoms. The zero-order chi connectivity index (χ0) is 34.5. The second-order valence-electron chi connectivity index (χ2n) is 10.1. The van der Waals surface area contributed by atoms with Gasteiger partial charge < -0.3 is 36.0 Å². The Kier molecular flexibility index (Phi) is 20.9. The molecule has 1 amide bonds. The van der Waals surface area contributed by atoms with Gasteiger partial charge in [-0.15, -0.1) is 11.3 Å². The molecule has 5 rings (SSSR count). The number of primary amides is 1. The fourth-order valence-corrected chi connectivity index (χ4v) is 6.04. The van der Waals surface area contributed by atoms with Gasteiger partial charge in [0.05, 0.1) is 22.4 Å². The van der Waals surface area contributed by atoms with Crippen LogP contribution in [0.5, 0.6) is 0 Å². The Bertz CT molecular complexity index is 1280. The van der Waals surface area contributed by atoms with E-state index in [2.05, 4.69) is 37.0 Å². The van der Waals surface area contributed by atoms with Crippen molar-refractivity contribution in [3.8, 4) is 11.4 Å². The zero-order valence-electron chi connectivity index (χ0n) is 27.6. The highest BCUT2D eigenvalue weighted by molar-refractivity contribution is 7.16. The Morgan fingerprint density at radius 2 is 1.61 bits per heavy atom. The number of H-pyrrole nitrogens is 1. The second-order valence-corrected chi connectivity index (χ2v) is 12.0. The summed E-state index contributed by atoms with van der Waals surface area (Å²) >= 11 is 13.1. The van der Waals surface area contributed by atoms with Crippen molar-refractivity contribution in [2.75, 3.05) is 56.1 Å². The van der Waals surface area contributed by atoms with E-state index in [0.29, 0.717) is 10.7 Å². The van der Waals surface area contributed by atoms with Crippen LogP contribution >= 0.6 is 34.5 Å².